The van der Waals surface area contributed by atoms with Crippen LogP contribution in [0.2, 0.25) is 0 Å². The highest BCUT2D eigenvalue weighted by molar-refractivity contribution is 5.78. The predicted octanol–water partition coefficient (Wildman–Crippen LogP) is 2.92. The number of rotatable bonds is 7. The molecule has 0 saturated carbocycles. The smallest absolute Gasteiger partial charge is 0.227 e. The number of carbonyl (C=O) groups is 1. The molecular formula is C20H26N2O2. The molecule has 2 rings (SSSR count). The Morgan fingerprint density at radius 1 is 1.17 bits per heavy atom. The lowest BCUT2D eigenvalue weighted by molar-refractivity contribution is -0.130. The monoisotopic (exact) mass is 326 g/mol. The lowest BCUT2D eigenvalue weighted by Gasteiger charge is -2.23. The van der Waals surface area contributed by atoms with Crippen molar-refractivity contribution in [3.05, 3.63) is 65.2 Å². The maximum Gasteiger partial charge on any atom is 0.227 e. The molecule has 0 aromatic heterocycles. The molecule has 4 nitrogen and oxygen atoms in total. The SMILES string of the molecule is Cc1cccc(COc2cccc(CC(=O)N(C)C(C)CN)c2)c1. The minimum absolute atomic E-state index is 0.0400. The molecule has 4 heteroatoms. The lowest BCUT2D eigenvalue weighted by Crippen LogP contribution is -2.40. The Morgan fingerprint density at radius 3 is 2.58 bits per heavy atom. The Balaban J connectivity index is 1.97. The van der Waals surface area contributed by atoms with Crippen molar-refractivity contribution in [1.29, 1.82) is 0 Å². The molecule has 1 atom stereocenters. The molecule has 2 aromatic carbocycles. The third-order valence-corrected chi connectivity index (χ3v) is 4.14. The van der Waals surface area contributed by atoms with Gasteiger partial charge in [0.2, 0.25) is 5.91 Å². The maximum absolute atomic E-state index is 12.3. The van der Waals surface area contributed by atoms with Crippen LogP contribution in [0.3, 0.4) is 0 Å². The van der Waals surface area contributed by atoms with Gasteiger partial charge in [-0.1, -0.05) is 42.0 Å². The molecular weight excluding hydrogens is 300 g/mol. The number of nitrogens with two attached hydrogens (primary N) is 1. The van der Waals surface area contributed by atoms with Crippen LogP contribution in [0.5, 0.6) is 5.75 Å². The minimum Gasteiger partial charge on any atom is -0.489 e. The van der Waals surface area contributed by atoms with E-state index in [0.29, 0.717) is 19.6 Å². The Kier molecular flexibility index (Phi) is 6.38. The number of hydrogen-bond acceptors (Lipinski definition) is 3. The number of benzene rings is 2. The van der Waals surface area contributed by atoms with Gasteiger partial charge in [-0.05, 0) is 37.1 Å². The number of carbonyl (C=O) groups excluding carboxylic acids is 1. The first-order valence-electron chi connectivity index (χ1n) is 8.22. The summed E-state index contributed by atoms with van der Waals surface area (Å²) < 4.78 is 5.85. The van der Waals surface area contributed by atoms with E-state index in [4.69, 9.17) is 10.5 Å². The normalized spacial score (nSPS) is 11.8. The standard InChI is InChI=1S/C20H26N2O2/c1-15-6-4-8-18(10-15)14-24-19-9-5-7-17(11-19)12-20(23)22(3)16(2)13-21/h4-11,16H,12-14,21H2,1-3H3. The third kappa shape index (κ3) is 5.10. The Bertz CT molecular complexity index is 685. The first-order chi connectivity index (χ1) is 11.5. The topological polar surface area (TPSA) is 55.6 Å². The molecule has 0 aliphatic heterocycles. The summed E-state index contributed by atoms with van der Waals surface area (Å²) in [5, 5.41) is 0. The van der Waals surface area contributed by atoms with Gasteiger partial charge in [-0.25, -0.2) is 0 Å². The van der Waals surface area contributed by atoms with Crippen molar-refractivity contribution in [3.63, 3.8) is 0 Å². The van der Waals surface area contributed by atoms with Gasteiger partial charge in [0.05, 0.1) is 6.42 Å². The fourth-order valence-corrected chi connectivity index (χ4v) is 2.42. The van der Waals surface area contributed by atoms with E-state index >= 15 is 0 Å². The molecule has 0 heterocycles. The number of ether oxygens (including phenoxy) is 1. The van der Waals surface area contributed by atoms with Gasteiger partial charge in [-0.3, -0.25) is 4.79 Å². The summed E-state index contributed by atoms with van der Waals surface area (Å²) in [5.74, 6) is 0.833. The van der Waals surface area contributed by atoms with Crippen LogP contribution in [0.1, 0.15) is 23.6 Å². The van der Waals surface area contributed by atoms with Crippen LogP contribution in [0.25, 0.3) is 0 Å². The summed E-state index contributed by atoms with van der Waals surface area (Å²) in [4.78, 5) is 14.0. The van der Waals surface area contributed by atoms with Gasteiger partial charge in [-0.15, -0.1) is 0 Å². The molecule has 0 radical (unpaired) electrons. The van der Waals surface area contributed by atoms with Gasteiger partial charge in [-0.2, -0.15) is 0 Å². The molecule has 0 aliphatic carbocycles. The highest BCUT2D eigenvalue weighted by atomic mass is 16.5. The molecule has 1 amide bonds. The zero-order chi connectivity index (χ0) is 17.5. The molecule has 0 bridgehead atoms. The van der Waals surface area contributed by atoms with E-state index in [9.17, 15) is 4.79 Å². The maximum atomic E-state index is 12.3. The van der Waals surface area contributed by atoms with E-state index in [2.05, 4.69) is 19.1 Å². The van der Waals surface area contributed by atoms with Crippen LogP contribution in [-0.2, 0) is 17.8 Å². The largest absolute Gasteiger partial charge is 0.489 e. The van der Waals surface area contributed by atoms with E-state index < -0.39 is 0 Å². The fourth-order valence-electron chi connectivity index (χ4n) is 2.42. The van der Waals surface area contributed by atoms with Crippen molar-refractivity contribution < 1.29 is 9.53 Å². The van der Waals surface area contributed by atoms with Gasteiger partial charge >= 0.3 is 0 Å². The number of likely N-dealkylation sites (N-methyl/N-ethyl adjacent to an activating group) is 1. The summed E-state index contributed by atoms with van der Waals surface area (Å²) >= 11 is 0. The second-order valence-corrected chi connectivity index (χ2v) is 6.19. The van der Waals surface area contributed by atoms with Crippen molar-refractivity contribution in [1.82, 2.24) is 4.90 Å². The van der Waals surface area contributed by atoms with E-state index in [1.165, 1.54) is 5.56 Å². The molecule has 0 saturated heterocycles. The van der Waals surface area contributed by atoms with E-state index in [1.807, 2.05) is 43.3 Å². The zero-order valence-corrected chi connectivity index (χ0v) is 14.7. The number of aryl methyl sites for hydroxylation is 1. The average molecular weight is 326 g/mol. The quantitative estimate of drug-likeness (QED) is 0.851. The Labute approximate surface area is 144 Å². The highest BCUT2D eigenvalue weighted by Gasteiger charge is 2.14. The molecule has 128 valence electrons. The van der Waals surface area contributed by atoms with Gasteiger partial charge in [0.15, 0.2) is 0 Å². The first-order valence-corrected chi connectivity index (χ1v) is 8.22. The van der Waals surface area contributed by atoms with E-state index in [0.717, 1.165) is 16.9 Å². The highest BCUT2D eigenvalue weighted by Crippen LogP contribution is 2.17. The lowest BCUT2D eigenvalue weighted by atomic mass is 10.1. The van der Waals surface area contributed by atoms with Gasteiger partial charge in [0.1, 0.15) is 12.4 Å². The molecule has 0 aliphatic rings. The van der Waals surface area contributed by atoms with Gasteiger partial charge < -0.3 is 15.4 Å². The number of amides is 1. The predicted molar refractivity (Wildman–Crippen MR) is 96.9 cm³/mol. The molecule has 1 unspecified atom stereocenters. The van der Waals surface area contributed by atoms with E-state index in [-0.39, 0.29) is 11.9 Å². The Hall–Kier alpha value is -2.33. The summed E-state index contributed by atoms with van der Waals surface area (Å²) in [7, 11) is 1.79. The number of hydrogen-bond donors (Lipinski definition) is 1. The second kappa shape index (κ2) is 8.50. The van der Waals surface area contributed by atoms with Crippen LogP contribution in [-0.4, -0.2) is 30.4 Å². The second-order valence-electron chi connectivity index (χ2n) is 6.19. The summed E-state index contributed by atoms with van der Waals surface area (Å²) in [5.41, 5.74) is 8.91. The van der Waals surface area contributed by atoms with E-state index in [1.54, 1.807) is 11.9 Å². The molecule has 24 heavy (non-hydrogen) atoms. The third-order valence-electron chi connectivity index (χ3n) is 4.14. The van der Waals surface area contributed by atoms with Gasteiger partial charge in [0.25, 0.3) is 0 Å². The van der Waals surface area contributed by atoms with Crippen LogP contribution >= 0.6 is 0 Å². The summed E-state index contributed by atoms with van der Waals surface area (Å²) in [6.45, 7) is 4.99. The van der Waals surface area contributed by atoms with Crippen molar-refractivity contribution >= 4 is 5.91 Å². The van der Waals surface area contributed by atoms with Crippen molar-refractivity contribution in [3.8, 4) is 5.75 Å². The molecule has 0 spiro atoms. The fraction of sp³-hybridized carbons (Fsp3) is 0.350. The van der Waals surface area contributed by atoms with Crippen molar-refractivity contribution in [2.24, 2.45) is 5.73 Å². The number of nitrogens with zero attached hydrogens (tertiary/aromatic N) is 1. The van der Waals surface area contributed by atoms with Crippen molar-refractivity contribution in [2.45, 2.75) is 32.9 Å². The molecule has 0 fully saturated rings. The molecule has 2 N–H and O–H groups in total. The summed E-state index contributed by atoms with van der Waals surface area (Å²) in [6.07, 6.45) is 0.350. The van der Waals surface area contributed by atoms with Crippen LogP contribution in [0.15, 0.2) is 48.5 Å². The molecule has 2 aromatic rings. The van der Waals surface area contributed by atoms with Crippen LogP contribution < -0.4 is 10.5 Å². The van der Waals surface area contributed by atoms with Gasteiger partial charge in [0, 0.05) is 19.6 Å². The zero-order valence-electron chi connectivity index (χ0n) is 14.7. The van der Waals surface area contributed by atoms with Crippen LogP contribution in [0.4, 0.5) is 0 Å². The average Bonchev–Trinajstić information content (AvgIpc) is 2.59. The Morgan fingerprint density at radius 2 is 1.88 bits per heavy atom. The summed E-state index contributed by atoms with van der Waals surface area (Å²) in [6, 6.07) is 16.0. The first kappa shape index (κ1) is 18.0. The minimum atomic E-state index is 0.0400. The van der Waals surface area contributed by atoms with Crippen LogP contribution in [0, 0.1) is 6.92 Å². The van der Waals surface area contributed by atoms with Crippen molar-refractivity contribution in [2.75, 3.05) is 13.6 Å².